The number of rotatable bonds is 3. The Morgan fingerprint density at radius 2 is 1.93 bits per heavy atom. The maximum Gasteiger partial charge on any atom is 0.417 e. The van der Waals surface area contributed by atoms with Crippen molar-refractivity contribution < 1.29 is 27.1 Å². The summed E-state index contributed by atoms with van der Waals surface area (Å²) in [6.45, 7) is 0. The molecule has 4 rings (SSSR count). The number of alkyl halides is 3. The summed E-state index contributed by atoms with van der Waals surface area (Å²) in [4.78, 5) is 13.7. The van der Waals surface area contributed by atoms with Crippen LogP contribution in [0.2, 0.25) is 10.0 Å². The van der Waals surface area contributed by atoms with Gasteiger partial charge in [-0.1, -0.05) is 23.2 Å². The van der Waals surface area contributed by atoms with E-state index >= 15 is 0 Å². The van der Waals surface area contributed by atoms with Gasteiger partial charge in [0.05, 0.1) is 22.7 Å². The van der Waals surface area contributed by atoms with Crippen molar-refractivity contribution in [2.24, 2.45) is 4.99 Å². The van der Waals surface area contributed by atoms with Gasteiger partial charge in [-0.25, -0.2) is 24.7 Å². The van der Waals surface area contributed by atoms with Gasteiger partial charge in [-0.3, -0.25) is 0 Å². The first-order valence-corrected chi connectivity index (χ1v) is 8.71. The second kappa shape index (κ2) is 7.05. The van der Waals surface area contributed by atoms with E-state index < -0.39 is 23.8 Å². The quantitative estimate of drug-likeness (QED) is 0.585. The molecule has 0 spiro atoms. The van der Waals surface area contributed by atoms with Gasteiger partial charge in [-0.15, -0.1) is 0 Å². The molecule has 1 N–H and O–H groups in total. The van der Waals surface area contributed by atoms with E-state index in [0.29, 0.717) is 0 Å². The largest absolute Gasteiger partial charge is 0.494 e. The van der Waals surface area contributed by atoms with E-state index in [1.165, 1.54) is 19.4 Å². The van der Waals surface area contributed by atoms with Gasteiger partial charge in [-0.2, -0.15) is 13.2 Å². The van der Waals surface area contributed by atoms with Crippen LogP contribution in [0, 0.1) is 5.82 Å². The molecule has 1 atom stereocenters. The highest BCUT2D eigenvalue weighted by atomic mass is 35.5. The van der Waals surface area contributed by atoms with Crippen LogP contribution in [0.3, 0.4) is 0 Å². The van der Waals surface area contributed by atoms with Crippen molar-refractivity contribution in [3.63, 3.8) is 0 Å². The number of benzene rings is 1. The molecular formula is C17H10Cl2F4N4O2. The summed E-state index contributed by atoms with van der Waals surface area (Å²) in [6.07, 6.45) is -3.39. The predicted octanol–water partition coefficient (Wildman–Crippen LogP) is 4.79. The number of halogens is 6. The molecule has 0 amide bonds. The number of fused-ring (bicyclic) bond motifs is 1. The Balaban J connectivity index is 1.70. The minimum atomic E-state index is -4.56. The molecule has 0 fully saturated rings. The first kappa shape index (κ1) is 19.7. The standard InChI is InChI=1S/C17H10Cl2F4N4O2/c1-28-13-4-9(18)8(3-11(13)20)14-25-16(29-26-14)12-6-27-5-7(17(21,22)23)2-10(19)15(27)24-12/h2-6,16H,1H3,(H,25,26). The van der Waals surface area contributed by atoms with E-state index in [4.69, 9.17) is 32.8 Å². The molecule has 3 aromatic rings. The molecule has 1 unspecified atom stereocenters. The molecule has 2 aromatic heterocycles. The van der Waals surface area contributed by atoms with Crippen molar-refractivity contribution >= 4 is 34.7 Å². The Morgan fingerprint density at radius 3 is 2.62 bits per heavy atom. The number of hydroxylamine groups is 1. The van der Waals surface area contributed by atoms with Crippen LogP contribution in [0.25, 0.3) is 5.65 Å². The van der Waals surface area contributed by atoms with Crippen molar-refractivity contribution in [2.75, 3.05) is 7.11 Å². The molecule has 3 heterocycles. The number of aliphatic imine (C=N–C) groups is 1. The third kappa shape index (κ3) is 3.59. The van der Waals surface area contributed by atoms with Crippen molar-refractivity contribution in [1.29, 1.82) is 0 Å². The van der Waals surface area contributed by atoms with Gasteiger partial charge in [0.15, 0.2) is 23.0 Å². The Labute approximate surface area is 170 Å². The van der Waals surface area contributed by atoms with Crippen molar-refractivity contribution in [3.05, 3.63) is 63.3 Å². The average Bonchev–Trinajstić information content (AvgIpc) is 3.29. The number of ether oxygens (including phenoxy) is 1. The number of hydrogen-bond donors (Lipinski definition) is 1. The second-order valence-electron chi connectivity index (χ2n) is 5.99. The Bertz CT molecular complexity index is 1150. The third-order valence-corrected chi connectivity index (χ3v) is 4.71. The zero-order chi connectivity index (χ0) is 20.9. The summed E-state index contributed by atoms with van der Waals surface area (Å²) < 4.78 is 58.9. The fourth-order valence-electron chi connectivity index (χ4n) is 2.75. The van der Waals surface area contributed by atoms with Crippen LogP contribution in [-0.4, -0.2) is 22.3 Å². The first-order valence-electron chi connectivity index (χ1n) is 7.95. The number of pyridine rings is 1. The van der Waals surface area contributed by atoms with Gasteiger partial charge in [0.1, 0.15) is 5.69 Å². The van der Waals surface area contributed by atoms with Gasteiger partial charge in [0.2, 0.25) is 6.23 Å². The van der Waals surface area contributed by atoms with E-state index in [9.17, 15) is 17.6 Å². The van der Waals surface area contributed by atoms with Gasteiger partial charge >= 0.3 is 6.18 Å². The van der Waals surface area contributed by atoms with Crippen molar-refractivity contribution in [1.82, 2.24) is 14.9 Å². The summed E-state index contributed by atoms with van der Waals surface area (Å²) in [7, 11) is 1.30. The maximum atomic E-state index is 14.0. The van der Waals surface area contributed by atoms with Crippen LogP contribution < -0.4 is 10.2 Å². The minimum Gasteiger partial charge on any atom is -0.494 e. The summed E-state index contributed by atoms with van der Waals surface area (Å²) in [6, 6.07) is 3.19. The van der Waals surface area contributed by atoms with Gasteiger partial charge in [0, 0.05) is 24.0 Å². The molecule has 0 aliphatic carbocycles. The highest BCUT2D eigenvalue weighted by molar-refractivity contribution is 6.34. The molecule has 0 saturated heterocycles. The molecule has 1 aliphatic heterocycles. The third-order valence-electron chi connectivity index (χ3n) is 4.12. The molecule has 6 nitrogen and oxygen atoms in total. The smallest absolute Gasteiger partial charge is 0.417 e. The minimum absolute atomic E-state index is 0.0368. The number of hydrogen-bond acceptors (Lipinski definition) is 5. The zero-order valence-corrected chi connectivity index (χ0v) is 15.9. The summed E-state index contributed by atoms with van der Waals surface area (Å²) in [5.74, 6) is -0.565. The zero-order valence-electron chi connectivity index (χ0n) is 14.4. The topological polar surface area (TPSA) is 60.2 Å². The number of aromatic nitrogens is 2. The highest BCUT2D eigenvalue weighted by Crippen LogP contribution is 2.34. The van der Waals surface area contributed by atoms with Crippen LogP contribution in [0.1, 0.15) is 23.0 Å². The highest BCUT2D eigenvalue weighted by Gasteiger charge is 2.32. The lowest BCUT2D eigenvalue weighted by molar-refractivity contribution is -0.137. The molecule has 29 heavy (non-hydrogen) atoms. The average molecular weight is 449 g/mol. The molecule has 1 aliphatic rings. The SMILES string of the molecule is COc1cc(Cl)c(C2=NC(c3cn4cc(C(F)(F)F)cc(Cl)c4n3)ON2)cc1F. The van der Waals surface area contributed by atoms with Crippen LogP contribution in [-0.2, 0) is 11.0 Å². The summed E-state index contributed by atoms with van der Waals surface area (Å²) in [5, 5.41) is -0.0203. The Hall–Kier alpha value is -2.56. The maximum absolute atomic E-state index is 14.0. The molecule has 0 bridgehead atoms. The molecule has 152 valence electrons. The van der Waals surface area contributed by atoms with E-state index in [0.717, 1.165) is 22.7 Å². The van der Waals surface area contributed by atoms with E-state index in [1.807, 2.05) is 0 Å². The number of methoxy groups -OCH3 is 1. The lowest BCUT2D eigenvalue weighted by atomic mass is 10.2. The fourth-order valence-corrected chi connectivity index (χ4v) is 3.25. The van der Waals surface area contributed by atoms with Gasteiger partial charge in [0.25, 0.3) is 0 Å². The normalized spacial score (nSPS) is 16.8. The van der Waals surface area contributed by atoms with Crippen LogP contribution in [0.5, 0.6) is 5.75 Å². The van der Waals surface area contributed by atoms with Crippen molar-refractivity contribution in [3.8, 4) is 5.75 Å². The lowest BCUT2D eigenvalue weighted by Gasteiger charge is -2.07. The van der Waals surface area contributed by atoms with Gasteiger partial charge in [-0.05, 0) is 12.1 Å². The van der Waals surface area contributed by atoms with Gasteiger partial charge < -0.3 is 9.14 Å². The van der Waals surface area contributed by atoms with Crippen LogP contribution >= 0.6 is 23.2 Å². The predicted molar refractivity (Wildman–Crippen MR) is 96.7 cm³/mol. The molecule has 12 heteroatoms. The fraction of sp³-hybridized carbons (Fsp3) is 0.176. The van der Waals surface area contributed by atoms with E-state index in [-0.39, 0.29) is 38.5 Å². The Kier molecular flexibility index (Phi) is 4.80. The van der Waals surface area contributed by atoms with Crippen molar-refractivity contribution in [2.45, 2.75) is 12.4 Å². The molecule has 1 aromatic carbocycles. The number of imidazole rings is 1. The summed E-state index contributed by atoms with van der Waals surface area (Å²) >= 11 is 12.1. The number of nitrogens with one attached hydrogen (secondary N) is 1. The summed E-state index contributed by atoms with van der Waals surface area (Å²) in [5.41, 5.74) is 2.11. The Morgan fingerprint density at radius 1 is 1.17 bits per heavy atom. The lowest BCUT2D eigenvalue weighted by Crippen LogP contribution is -2.18. The van der Waals surface area contributed by atoms with Crippen LogP contribution in [0.15, 0.2) is 35.6 Å². The first-order chi connectivity index (χ1) is 13.7. The molecule has 0 saturated carbocycles. The number of nitrogens with zero attached hydrogens (tertiary/aromatic N) is 3. The van der Waals surface area contributed by atoms with E-state index in [2.05, 4.69) is 15.5 Å². The number of amidine groups is 1. The monoisotopic (exact) mass is 448 g/mol. The molecule has 0 radical (unpaired) electrons. The second-order valence-corrected chi connectivity index (χ2v) is 6.80. The molecular weight excluding hydrogens is 439 g/mol. The van der Waals surface area contributed by atoms with Crippen LogP contribution in [0.4, 0.5) is 17.6 Å². The van der Waals surface area contributed by atoms with E-state index in [1.54, 1.807) is 0 Å².